The summed E-state index contributed by atoms with van der Waals surface area (Å²) in [6, 6.07) is 4.18. The van der Waals surface area contributed by atoms with E-state index < -0.39 is 11.9 Å². The van der Waals surface area contributed by atoms with Gasteiger partial charge in [0.1, 0.15) is 0 Å². The van der Waals surface area contributed by atoms with Crippen LogP contribution in [0.1, 0.15) is 30.6 Å². The summed E-state index contributed by atoms with van der Waals surface area (Å²) in [5.74, 6) is -3.52. The lowest BCUT2D eigenvalue weighted by molar-refractivity contribution is -0.159. The Bertz CT molecular complexity index is 544. The van der Waals surface area contributed by atoms with Gasteiger partial charge in [-0.1, -0.05) is 6.92 Å². The second-order valence-electron chi connectivity index (χ2n) is 5.43. The molecule has 0 spiro atoms. The Morgan fingerprint density at radius 1 is 1.08 bits per heavy atom. The fraction of sp³-hybridized carbons (Fsp3) is 0.500. The molecule has 8 nitrogen and oxygen atoms in total. The van der Waals surface area contributed by atoms with Crippen molar-refractivity contribution in [2.24, 2.45) is 0 Å². The molecule has 1 aliphatic heterocycles. The zero-order valence-corrected chi connectivity index (χ0v) is 13.9. The first-order valence-electron chi connectivity index (χ1n) is 7.76. The van der Waals surface area contributed by atoms with Crippen LogP contribution < -0.4 is 0 Å². The summed E-state index contributed by atoms with van der Waals surface area (Å²) in [4.78, 5) is 38.8. The van der Waals surface area contributed by atoms with E-state index in [9.17, 15) is 4.79 Å². The van der Waals surface area contributed by atoms with Gasteiger partial charge in [0, 0.05) is 50.2 Å². The minimum atomic E-state index is -1.82. The lowest BCUT2D eigenvalue weighted by Gasteiger charge is -2.37. The first-order chi connectivity index (χ1) is 11.4. The van der Waals surface area contributed by atoms with E-state index in [1.165, 1.54) is 0 Å². The van der Waals surface area contributed by atoms with Crippen LogP contribution in [0.4, 0.5) is 0 Å². The van der Waals surface area contributed by atoms with Crippen LogP contribution in [0, 0.1) is 0 Å². The topological polar surface area (TPSA) is 111 Å². The van der Waals surface area contributed by atoms with Gasteiger partial charge in [-0.3, -0.25) is 14.7 Å². The van der Waals surface area contributed by atoms with Crippen molar-refractivity contribution in [2.75, 3.05) is 26.2 Å². The molecule has 1 aromatic rings. The second-order valence-corrected chi connectivity index (χ2v) is 5.43. The van der Waals surface area contributed by atoms with Gasteiger partial charge in [-0.2, -0.15) is 0 Å². The molecule has 1 amide bonds. The molecule has 0 radical (unpaired) electrons. The van der Waals surface area contributed by atoms with Crippen LogP contribution in [-0.4, -0.2) is 75.1 Å². The summed E-state index contributed by atoms with van der Waals surface area (Å²) in [6.07, 6.45) is 4.50. The maximum atomic E-state index is 12.2. The van der Waals surface area contributed by atoms with Crippen LogP contribution in [0.2, 0.25) is 0 Å². The average molecular weight is 337 g/mol. The molecule has 8 heteroatoms. The third kappa shape index (κ3) is 5.96. The monoisotopic (exact) mass is 337 g/mol. The smallest absolute Gasteiger partial charge is 0.414 e. The van der Waals surface area contributed by atoms with Crippen molar-refractivity contribution in [2.45, 2.75) is 26.3 Å². The van der Waals surface area contributed by atoms with Gasteiger partial charge in [0.15, 0.2) is 0 Å². The fourth-order valence-corrected chi connectivity index (χ4v) is 2.30. The molecule has 2 rings (SSSR count). The van der Waals surface area contributed by atoms with Crippen molar-refractivity contribution >= 4 is 17.8 Å². The molecule has 24 heavy (non-hydrogen) atoms. The van der Waals surface area contributed by atoms with Gasteiger partial charge in [0.2, 0.25) is 0 Å². The molecule has 0 aromatic carbocycles. The molecule has 2 heterocycles. The molecular formula is C16H23N3O5. The summed E-state index contributed by atoms with van der Waals surface area (Å²) in [6.45, 7) is 8.06. The van der Waals surface area contributed by atoms with Gasteiger partial charge in [-0.25, -0.2) is 9.59 Å². The number of amides is 1. The zero-order chi connectivity index (χ0) is 18.1. The molecule has 0 saturated carbocycles. The van der Waals surface area contributed by atoms with Crippen LogP contribution in [0.15, 0.2) is 24.5 Å². The predicted octanol–water partition coefficient (Wildman–Crippen LogP) is 0.794. The zero-order valence-electron chi connectivity index (χ0n) is 13.9. The first kappa shape index (κ1) is 19.6. The van der Waals surface area contributed by atoms with E-state index in [1.54, 1.807) is 24.5 Å². The molecule has 1 aliphatic rings. The molecule has 1 unspecified atom stereocenters. The molecule has 2 N–H and O–H groups in total. The first-order valence-corrected chi connectivity index (χ1v) is 7.76. The number of hydrogen-bond acceptors (Lipinski definition) is 5. The van der Waals surface area contributed by atoms with Crippen molar-refractivity contribution in [3.05, 3.63) is 30.1 Å². The molecule has 1 saturated heterocycles. The molecule has 0 bridgehead atoms. The molecule has 1 atom stereocenters. The van der Waals surface area contributed by atoms with Crippen LogP contribution >= 0.6 is 0 Å². The molecule has 132 valence electrons. The number of aromatic nitrogens is 1. The summed E-state index contributed by atoms with van der Waals surface area (Å²) in [7, 11) is 0. The van der Waals surface area contributed by atoms with Gasteiger partial charge in [0.05, 0.1) is 0 Å². The van der Waals surface area contributed by atoms with Crippen LogP contribution in [0.25, 0.3) is 0 Å². The van der Waals surface area contributed by atoms with E-state index in [0.29, 0.717) is 6.04 Å². The minimum Gasteiger partial charge on any atom is -0.473 e. The number of carbonyl (C=O) groups excluding carboxylic acids is 1. The van der Waals surface area contributed by atoms with Crippen LogP contribution in [0.5, 0.6) is 0 Å². The third-order valence-corrected chi connectivity index (χ3v) is 3.93. The van der Waals surface area contributed by atoms with Crippen molar-refractivity contribution in [1.82, 2.24) is 14.8 Å². The van der Waals surface area contributed by atoms with E-state index in [-0.39, 0.29) is 5.91 Å². The maximum absolute atomic E-state index is 12.2. The Balaban J connectivity index is 0.000000413. The Labute approximate surface area is 140 Å². The normalized spacial score (nSPS) is 15.8. The number of carboxylic acid groups (broad SMARTS) is 2. The van der Waals surface area contributed by atoms with Crippen molar-refractivity contribution in [1.29, 1.82) is 0 Å². The Morgan fingerprint density at radius 2 is 1.58 bits per heavy atom. The van der Waals surface area contributed by atoms with Crippen molar-refractivity contribution < 1.29 is 24.6 Å². The Morgan fingerprint density at radius 3 is 2.00 bits per heavy atom. The molecule has 1 fully saturated rings. The molecular weight excluding hydrogens is 314 g/mol. The number of carboxylic acids is 2. The number of hydrogen-bond donors (Lipinski definition) is 2. The number of aliphatic carboxylic acids is 2. The predicted molar refractivity (Wildman–Crippen MR) is 86.7 cm³/mol. The SMILES string of the molecule is CCC(C)N1CCN(C(=O)c2ccncc2)CC1.O=C(O)C(=O)O. The maximum Gasteiger partial charge on any atom is 0.414 e. The number of pyridine rings is 1. The second kappa shape index (κ2) is 9.61. The van der Waals surface area contributed by atoms with Gasteiger partial charge in [-0.15, -0.1) is 0 Å². The summed E-state index contributed by atoms with van der Waals surface area (Å²) in [5.41, 5.74) is 0.738. The van der Waals surface area contributed by atoms with Crippen molar-refractivity contribution in [3.63, 3.8) is 0 Å². The van der Waals surface area contributed by atoms with E-state index in [0.717, 1.165) is 38.2 Å². The van der Waals surface area contributed by atoms with Crippen LogP contribution in [-0.2, 0) is 9.59 Å². The summed E-state index contributed by atoms with van der Waals surface area (Å²) in [5, 5.41) is 14.8. The van der Waals surface area contributed by atoms with E-state index >= 15 is 0 Å². The fourth-order valence-electron chi connectivity index (χ4n) is 2.30. The quantitative estimate of drug-likeness (QED) is 0.785. The van der Waals surface area contributed by atoms with Crippen LogP contribution in [0.3, 0.4) is 0 Å². The summed E-state index contributed by atoms with van der Waals surface area (Å²) < 4.78 is 0. The van der Waals surface area contributed by atoms with Gasteiger partial charge >= 0.3 is 11.9 Å². The van der Waals surface area contributed by atoms with Gasteiger partial charge in [0.25, 0.3) is 5.91 Å². The lowest BCUT2D eigenvalue weighted by Crippen LogP contribution is -2.51. The average Bonchev–Trinajstić information content (AvgIpc) is 2.61. The lowest BCUT2D eigenvalue weighted by atomic mass is 10.1. The highest BCUT2D eigenvalue weighted by Gasteiger charge is 2.23. The highest BCUT2D eigenvalue weighted by atomic mass is 16.4. The van der Waals surface area contributed by atoms with Crippen molar-refractivity contribution in [3.8, 4) is 0 Å². The standard InChI is InChI=1S/C14H21N3O.C2H2O4/c1-3-12(2)16-8-10-17(11-9-16)14(18)13-4-6-15-7-5-13;3-1(4)2(5)6/h4-7,12H,3,8-11H2,1-2H3;(H,3,4)(H,5,6). The highest BCUT2D eigenvalue weighted by molar-refractivity contribution is 6.27. The number of piperazine rings is 1. The number of carbonyl (C=O) groups is 3. The highest BCUT2D eigenvalue weighted by Crippen LogP contribution is 2.11. The number of rotatable bonds is 3. The Kier molecular flexibility index (Phi) is 7.84. The molecule has 0 aliphatic carbocycles. The van der Waals surface area contributed by atoms with E-state index in [4.69, 9.17) is 19.8 Å². The largest absolute Gasteiger partial charge is 0.473 e. The number of nitrogens with zero attached hydrogens (tertiary/aromatic N) is 3. The van der Waals surface area contributed by atoms with E-state index in [2.05, 4.69) is 23.7 Å². The van der Waals surface area contributed by atoms with E-state index in [1.807, 2.05) is 4.90 Å². The van der Waals surface area contributed by atoms with Gasteiger partial charge in [-0.05, 0) is 25.5 Å². The minimum absolute atomic E-state index is 0.126. The Hall–Kier alpha value is -2.48. The van der Waals surface area contributed by atoms with Gasteiger partial charge < -0.3 is 15.1 Å². The molecule has 1 aromatic heterocycles. The third-order valence-electron chi connectivity index (χ3n) is 3.93. The summed E-state index contributed by atoms with van der Waals surface area (Å²) >= 11 is 0.